The molecule has 0 aliphatic heterocycles. The van der Waals surface area contributed by atoms with Crippen molar-refractivity contribution >= 4 is 9.84 Å². The smallest absolute Gasteiger partial charge is 0.150 e. The average Bonchev–Trinajstić information content (AvgIpc) is 2.28. The lowest BCUT2D eigenvalue weighted by Crippen LogP contribution is -2.30. The van der Waals surface area contributed by atoms with E-state index in [1.54, 1.807) is 6.92 Å². The fourth-order valence-electron chi connectivity index (χ4n) is 2.50. The molecule has 1 aliphatic carbocycles. The normalized spacial score (nSPS) is 31.6. The lowest BCUT2D eigenvalue weighted by molar-refractivity contribution is 0.0459. The Hall–Kier alpha value is -0.0900. The van der Waals surface area contributed by atoms with E-state index in [0.717, 1.165) is 25.7 Å². The van der Waals surface area contributed by atoms with Gasteiger partial charge in [-0.25, -0.2) is 8.42 Å². The first-order valence-electron chi connectivity index (χ1n) is 6.37. The van der Waals surface area contributed by atoms with E-state index in [0.29, 0.717) is 12.3 Å². The molecule has 1 rings (SSSR count). The van der Waals surface area contributed by atoms with Crippen LogP contribution in [0.1, 0.15) is 46.0 Å². The summed E-state index contributed by atoms with van der Waals surface area (Å²) in [5, 5.41) is 9.86. The summed E-state index contributed by atoms with van der Waals surface area (Å²) in [6.45, 7) is 3.85. The van der Waals surface area contributed by atoms with Gasteiger partial charge in [0.25, 0.3) is 0 Å². The highest BCUT2D eigenvalue weighted by Gasteiger charge is 2.28. The van der Waals surface area contributed by atoms with Crippen molar-refractivity contribution in [2.75, 3.05) is 11.5 Å². The molecule has 0 radical (unpaired) electrons. The first-order chi connectivity index (χ1) is 7.48. The summed E-state index contributed by atoms with van der Waals surface area (Å²) in [5.41, 5.74) is 0. The highest BCUT2D eigenvalue weighted by atomic mass is 32.2. The molecular formula is C12H24O3S. The number of aliphatic hydroxyl groups excluding tert-OH is 1. The van der Waals surface area contributed by atoms with Crippen LogP contribution in [-0.2, 0) is 9.84 Å². The van der Waals surface area contributed by atoms with Gasteiger partial charge in [-0.3, -0.25) is 0 Å². The quantitative estimate of drug-likeness (QED) is 0.809. The molecule has 0 saturated heterocycles. The van der Waals surface area contributed by atoms with Crippen molar-refractivity contribution in [3.63, 3.8) is 0 Å². The Labute approximate surface area is 99.2 Å². The molecule has 0 heterocycles. The molecule has 96 valence electrons. The Balaban J connectivity index is 2.45. The molecule has 3 nitrogen and oxygen atoms in total. The van der Waals surface area contributed by atoms with Crippen molar-refractivity contribution in [3.05, 3.63) is 0 Å². The molecule has 1 saturated carbocycles. The topological polar surface area (TPSA) is 54.4 Å². The molecule has 0 spiro atoms. The van der Waals surface area contributed by atoms with E-state index in [-0.39, 0.29) is 23.5 Å². The fourth-order valence-corrected chi connectivity index (χ4v) is 3.45. The predicted octanol–water partition coefficient (Wildman–Crippen LogP) is 2.00. The summed E-state index contributed by atoms with van der Waals surface area (Å²) in [5.74, 6) is 1.33. The van der Waals surface area contributed by atoms with Crippen molar-refractivity contribution in [2.24, 2.45) is 11.8 Å². The summed E-state index contributed by atoms with van der Waals surface area (Å²) < 4.78 is 22.8. The summed E-state index contributed by atoms with van der Waals surface area (Å²) in [7, 11) is -2.88. The molecule has 3 unspecified atom stereocenters. The molecule has 16 heavy (non-hydrogen) atoms. The Morgan fingerprint density at radius 3 is 2.50 bits per heavy atom. The maximum Gasteiger partial charge on any atom is 0.150 e. The van der Waals surface area contributed by atoms with E-state index >= 15 is 0 Å². The van der Waals surface area contributed by atoms with Gasteiger partial charge in [-0.15, -0.1) is 0 Å². The number of hydrogen-bond acceptors (Lipinski definition) is 3. The number of hydrogen-bond donors (Lipinski definition) is 1. The SMILES string of the molecule is CCC1CCC(O)C(CCS(=O)(=O)CC)C1. The summed E-state index contributed by atoms with van der Waals surface area (Å²) in [4.78, 5) is 0. The van der Waals surface area contributed by atoms with E-state index in [1.165, 1.54) is 0 Å². The summed E-state index contributed by atoms with van der Waals surface area (Å²) >= 11 is 0. The predicted molar refractivity (Wildman–Crippen MR) is 66.1 cm³/mol. The van der Waals surface area contributed by atoms with E-state index in [4.69, 9.17) is 0 Å². The Kier molecular flexibility index (Phi) is 5.25. The van der Waals surface area contributed by atoms with Gasteiger partial charge in [0.1, 0.15) is 9.84 Å². The zero-order chi connectivity index (χ0) is 12.2. The minimum atomic E-state index is -2.88. The second kappa shape index (κ2) is 6.01. The lowest BCUT2D eigenvalue weighted by Gasteiger charge is -2.32. The molecule has 3 atom stereocenters. The van der Waals surface area contributed by atoms with Gasteiger partial charge in [0, 0.05) is 5.75 Å². The van der Waals surface area contributed by atoms with Gasteiger partial charge in [-0.2, -0.15) is 0 Å². The standard InChI is InChI=1S/C12H24O3S/c1-3-10-5-6-12(13)11(9-10)7-8-16(14,15)4-2/h10-13H,3-9H2,1-2H3. The largest absolute Gasteiger partial charge is 0.393 e. The molecule has 1 aliphatic rings. The number of aliphatic hydroxyl groups is 1. The third-order valence-corrected chi connectivity index (χ3v) is 5.61. The molecular weight excluding hydrogens is 224 g/mol. The first kappa shape index (κ1) is 14.0. The molecule has 1 N–H and O–H groups in total. The zero-order valence-electron chi connectivity index (χ0n) is 10.4. The lowest BCUT2D eigenvalue weighted by atomic mass is 9.77. The van der Waals surface area contributed by atoms with Gasteiger partial charge in [0.2, 0.25) is 0 Å². The molecule has 0 aromatic carbocycles. The minimum Gasteiger partial charge on any atom is -0.393 e. The van der Waals surface area contributed by atoms with Crippen LogP contribution in [-0.4, -0.2) is 31.1 Å². The highest BCUT2D eigenvalue weighted by Crippen LogP contribution is 2.33. The molecule has 4 heteroatoms. The minimum absolute atomic E-state index is 0.194. The van der Waals surface area contributed by atoms with Crippen LogP contribution in [0.4, 0.5) is 0 Å². The Bertz CT molecular complexity index is 297. The van der Waals surface area contributed by atoms with Crippen LogP contribution < -0.4 is 0 Å². The van der Waals surface area contributed by atoms with Crippen LogP contribution in [0.2, 0.25) is 0 Å². The molecule has 0 aromatic rings. The molecule has 0 aromatic heterocycles. The van der Waals surface area contributed by atoms with Crippen LogP contribution in [0, 0.1) is 11.8 Å². The third-order valence-electron chi connectivity index (χ3n) is 3.87. The van der Waals surface area contributed by atoms with Crippen molar-refractivity contribution in [1.29, 1.82) is 0 Å². The van der Waals surface area contributed by atoms with Crippen LogP contribution in [0.3, 0.4) is 0 Å². The van der Waals surface area contributed by atoms with E-state index in [9.17, 15) is 13.5 Å². The number of sulfone groups is 1. The van der Waals surface area contributed by atoms with Gasteiger partial charge < -0.3 is 5.11 Å². The average molecular weight is 248 g/mol. The summed E-state index contributed by atoms with van der Waals surface area (Å²) in [6, 6.07) is 0. The molecule has 1 fully saturated rings. The van der Waals surface area contributed by atoms with Crippen LogP contribution in [0.25, 0.3) is 0 Å². The van der Waals surface area contributed by atoms with E-state index in [1.807, 2.05) is 0 Å². The van der Waals surface area contributed by atoms with Gasteiger partial charge >= 0.3 is 0 Å². The van der Waals surface area contributed by atoms with Gasteiger partial charge in [-0.1, -0.05) is 20.3 Å². The Morgan fingerprint density at radius 1 is 1.25 bits per heavy atom. The highest BCUT2D eigenvalue weighted by molar-refractivity contribution is 7.91. The van der Waals surface area contributed by atoms with Gasteiger partial charge in [-0.05, 0) is 37.5 Å². The van der Waals surface area contributed by atoms with Crippen molar-refractivity contribution in [1.82, 2.24) is 0 Å². The van der Waals surface area contributed by atoms with Gasteiger partial charge in [0.15, 0.2) is 0 Å². The molecule has 0 bridgehead atoms. The van der Waals surface area contributed by atoms with Crippen molar-refractivity contribution in [3.8, 4) is 0 Å². The zero-order valence-corrected chi connectivity index (χ0v) is 11.2. The van der Waals surface area contributed by atoms with Crippen molar-refractivity contribution < 1.29 is 13.5 Å². The number of rotatable bonds is 5. The van der Waals surface area contributed by atoms with E-state index < -0.39 is 9.84 Å². The van der Waals surface area contributed by atoms with E-state index in [2.05, 4.69) is 6.92 Å². The monoisotopic (exact) mass is 248 g/mol. The maximum atomic E-state index is 11.4. The maximum absolute atomic E-state index is 11.4. The second-order valence-electron chi connectivity index (χ2n) is 4.94. The van der Waals surface area contributed by atoms with Crippen molar-refractivity contribution in [2.45, 2.75) is 52.1 Å². The third kappa shape index (κ3) is 4.06. The first-order valence-corrected chi connectivity index (χ1v) is 8.19. The molecule has 0 amide bonds. The van der Waals surface area contributed by atoms with Crippen LogP contribution in [0.5, 0.6) is 0 Å². The van der Waals surface area contributed by atoms with Crippen LogP contribution in [0.15, 0.2) is 0 Å². The van der Waals surface area contributed by atoms with Crippen LogP contribution >= 0.6 is 0 Å². The fraction of sp³-hybridized carbons (Fsp3) is 1.00. The Morgan fingerprint density at radius 2 is 1.94 bits per heavy atom. The van der Waals surface area contributed by atoms with Gasteiger partial charge in [0.05, 0.1) is 11.9 Å². The summed E-state index contributed by atoms with van der Waals surface area (Å²) in [6.07, 6.45) is 4.42. The second-order valence-corrected chi connectivity index (χ2v) is 7.41.